The Balaban J connectivity index is 1.58. The Morgan fingerprint density at radius 1 is 0.971 bits per heavy atom. The molecule has 1 N–H and O–H groups in total. The second-order valence-electron chi connectivity index (χ2n) is 8.33. The standard InChI is InChI=1S/C26H28N2O6S/c1-17-5-9-20(10-6-17)35(30,31)28-16-25(34-23-13-18(2)7-11-21(23)28)26(29)27-15-19-8-12-22(32-3)24(14-19)33-4/h5-14,25H,15-16H2,1-4H3,(H,27,29)/t25-/m0/s1. The van der Waals surface area contributed by atoms with Crippen LogP contribution in [0.25, 0.3) is 0 Å². The number of hydrogen-bond donors (Lipinski definition) is 1. The zero-order valence-electron chi connectivity index (χ0n) is 20.1. The Morgan fingerprint density at radius 3 is 2.34 bits per heavy atom. The highest BCUT2D eigenvalue weighted by Crippen LogP contribution is 2.38. The van der Waals surface area contributed by atoms with E-state index in [4.69, 9.17) is 14.2 Å². The van der Waals surface area contributed by atoms with Crippen LogP contribution in [0.5, 0.6) is 17.2 Å². The summed E-state index contributed by atoms with van der Waals surface area (Å²) in [6, 6.07) is 17.2. The van der Waals surface area contributed by atoms with Gasteiger partial charge in [-0.2, -0.15) is 0 Å². The van der Waals surface area contributed by atoms with E-state index in [0.29, 0.717) is 22.9 Å². The summed E-state index contributed by atoms with van der Waals surface area (Å²) in [4.78, 5) is 13.2. The van der Waals surface area contributed by atoms with Crippen LogP contribution in [0.15, 0.2) is 65.6 Å². The highest BCUT2D eigenvalue weighted by Gasteiger charge is 2.37. The van der Waals surface area contributed by atoms with Crippen molar-refractivity contribution in [1.29, 1.82) is 0 Å². The van der Waals surface area contributed by atoms with E-state index in [9.17, 15) is 13.2 Å². The quantitative estimate of drug-likeness (QED) is 0.537. The minimum atomic E-state index is -3.91. The minimum Gasteiger partial charge on any atom is -0.493 e. The van der Waals surface area contributed by atoms with Gasteiger partial charge in [0.15, 0.2) is 17.6 Å². The second kappa shape index (κ2) is 9.87. The highest BCUT2D eigenvalue weighted by atomic mass is 32.2. The molecule has 1 amide bonds. The van der Waals surface area contributed by atoms with E-state index in [1.54, 1.807) is 62.8 Å². The first-order valence-electron chi connectivity index (χ1n) is 11.1. The Bertz CT molecular complexity index is 1340. The maximum atomic E-state index is 13.5. The molecule has 0 radical (unpaired) electrons. The zero-order valence-corrected chi connectivity index (χ0v) is 20.9. The summed E-state index contributed by atoms with van der Waals surface area (Å²) in [5.74, 6) is 1.06. The molecule has 0 fully saturated rings. The van der Waals surface area contributed by atoms with Crippen LogP contribution in [-0.4, -0.2) is 41.2 Å². The lowest BCUT2D eigenvalue weighted by Crippen LogP contribution is -2.50. The fourth-order valence-corrected chi connectivity index (χ4v) is 5.33. The van der Waals surface area contributed by atoms with Gasteiger partial charge < -0.3 is 19.5 Å². The number of sulfonamides is 1. The van der Waals surface area contributed by atoms with E-state index in [1.807, 2.05) is 26.0 Å². The fraction of sp³-hybridized carbons (Fsp3) is 0.269. The average Bonchev–Trinajstić information content (AvgIpc) is 2.86. The van der Waals surface area contributed by atoms with Crippen LogP contribution in [0, 0.1) is 13.8 Å². The lowest BCUT2D eigenvalue weighted by atomic mass is 10.1. The smallest absolute Gasteiger partial charge is 0.264 e. The van der Waals surface area contributed by atoms with E-state index in [1.165, 1.54) is 4.31 Å². The number of rotatable bonds is 7. The molecule has 0 unspecified atom stereocenters. The van der Waals surface area contributed by atoms with E-state index in [-0.39, 0.29) is 18.0 Å². The zero-order chi connectivity index (χ0) is 25.2. The van der Waals surface area contributed by atoms with Crippen molar-refractivity contribution in [1.82, 2.24) is 5.32 Å². The largest absolute Gasteiger partial charge is 0.493 e. The molecule has 1 atom stereocenters. The van der Waals surface area contributed by atoms with Crippen molar-refractivity contribution in [2.24, 2.45) is 0 Å². The first kappa shape index (κ1) is 24.4. The van der Waals surface area contributed by atoms with Gasteiger partial charge in [-0.15, -0.1) is 0 Å². The minimum absolute atomic E-state index is 0.149. The molecule has 35 heavy (non-hydrogen) atoms. The monoisotopic (exact) mass is 496 g/mol. The molecule has 3 aromatic rings. The number of ether oxygens (including phenoxy) is 3. The van der Waals surface area contributed by atoms with Gasteiger partial charge in [-0.05, 0) is 61.4 Å². The molecule has 9 heteroatoms. The molecule has 184 valence electrons. The van der Waals surface area contributed by atoms with Crippen molar-refractivity contribution >= 4 is 21.6 Å². The summed E-state index contributed by atoms with van der Waals surface area (Å²) in [5, 5.41) is 2.84. The predicted octanol–water partition coefficient (Wildman–Crippen LogP) is 3.59. The third-order valence-electron chi connectivity index (χ3n) is 5.80. The van der Waals surface area contributed by atoms with E-state index < -0.39 is 22.0 Å². The summed E-state index contributed by atoms with van der Waals surface area (Å²) in [7, 11) is -0.821. The van der Waals surface area contributed by atoms with E-state index in [0.717, 1.165) is 16.7 Å². The third-order valence-corrected chi connectivity index (χ3v) is 7.59. The van der Waals surface area contributed by atoms with Crippen molar-refractivity contribution in [2.75, 3.05) is 25.1 Å². The fourth-order valence-electron chi connectivity index (χ4n) is 3.86. The van der Waals surface area contributed by atoms with E-state index >= 15 is 0 Å². The molecule has 1 heterocycles. The number of amides is 1. The number of benzene rings is 3. The van der Waals surface area contributed by atoms with Crippen LogP contribution < -0.4 is 23.8 Å². The molecule has 0 bridgehead atoms. The number of methoxy groups -OCH3 is 2. The summed E-state index contributed by atoms with van der Waals surface area (Å²) in [6.45, 7) is 3.83. The Kier molecular flexibility index (Phi) is 6.88. The second-order valence-corrected chi connectivity index (χ2v) is 10.2. The molecule has 8 nitrogen and oxygen atoms in total. The summed E-state index contributed by atoms with van der Waals surface area (Å²) in [6.07, 6.45) is -1.02. The summed E-state index contributed by atoms with van der Waals surface area (Å²) >= 11 is 0. The number of anilines is 1. The van der Waals surface area contributed by atoms with Crippen LogP contribution in [0.2, 0.25) is 0 Å². The third kappa shape index (κ3) is 5.05. The van der Waals surface area contributed by atoms with Gasteiger partial charge in [-0.1, -0.05) is 29.8 Å². The van der Waals surface area contributed by atoms with Gasteiger partial charge in [0.05, 0.1) is 31.3 Å². The first-order valence-corrected chi connectivity index (χ1v) is 12.5. The molecule has 3 aromatic carbocycles. The lowest BCUT2D eigenvalue weighted by Gasteiger charge is -2.35. The average molecular weight is 497 g/mol. The van der Waals surface area contributed by atoms with Gasteiger partial charge >= 0.3 is 0 Å². The van der Waals surface area contributed by atoms with Gasteiger partial charge in [-0.3, -0.25) is 9.10 Å². The number of carbonyl (C=O) groups excluding carboxylic acids is 1. The maximum absolute atomic E-state index is 13.5. The molecule has 4 rings (SSSR count). The molecule has 1 aliphatic heterocycles. The first-order chi connectivity index (χ1) is 16.7. The van der Waals surface area contributed by atoms with Crippen molar-refractivity contribution in [2.45, 2.75) is 31.4 Å². The van der Waals surface area contributed by atoms with Crippen LogP contribution in [0.1, 0.15) is 16.7 Å². The lowest BCUT2D eigenvalue weighted by molar-refractivity contribution is -0.127. The predicted molar refractivity (Wildman–Crippen MR) is 133 cm³/mol. The summed E-state index contributed by atoms with van der Waals surface area (Å²) in [5.41, 5.74) is 3.05. The molecule has 0 aromatic heterocycles. The van der Waals surface area contributed by atoms with Crippen LogP contribution in [0.3, 0.4) is 0 Å². The van der Waals surface area contributed by atoms with Crippen LogP contribution in [0.4, 0.5) is 5.69 Å². The van der Waals surface area contributed by atoms with Crippen LogP contribution in [-0.2, 0) is 21.4 Å². The molecular weight excluding hydrogens is 468 g/mol. The van der Waals surface area contributed by atoms with Gasteiger partial charge in [0.1, 0.15) is 5.75 Å². The Morgan fingerprint density at radius 2 is 1.66 bits per heavy atom. The Hall–Kier alpha value is -3.72. The molecule has 0 aliphatic carbocycles. The normalized spacial score (nSPS) is 15.1. The molecular formula is C26H28N2O6S. The highest BCUT2D eigenvalue weighted by molar-refractivity contribution is 7.92. The van der Waals surface area contributed by atoms with Crippen LogP contribution >= 0.6 is 0 Å². The van der Waals surface area contributed by atoms with Gasteiger partial charge in [0.25, 0.3) is 15.9 Å². The van der Waals surface area contributed by atoms with Gasteiger partial charge in [0.2, 0.25) is 0 Å². The molecule has 0 saturated carbocycles. The number of fused-ring (bicyclic) bond motifs is 1. The molecule has 0 spiro atoms. The number of hydrogen-bond acceptors (Lipinski definition) is 6. The van der Waals surface area contributed by atoms with Crippen molar-refractivity contribution in [3.05, 3.63) is 77.4 Å². The number of nitrogens with one attached hydrogen (secondary N) is 1. The number of carbonyl (C=O) groups is 1. The van der Waals surface area contributed by atoms with Gasteiger partial charge in [-0.25, -0.2) is 8.42 Å². The maximum Gasteiger partial charge on any atom is 0.264 e. The van der Waals surface area contributed by atoms with Gasteiger partial charge in [0, 0.05) is 6.54 Å². The summed E-state index contributed by atoms with van der Waals surface area (Å²) < 4.78 is 44.8. The SMILES string of the molecule is COc1ccc(CNC(=O)[C@@H]2CN(S(=O)(=O)c3ccc(C)cc3)c3ccc(C)cc3O2)cc1OC. The van der Waals surface area contributed by atoms with Crippen molar-refractivity contribution in [3.63, 3.8) is 0 Å². The Labute approximate surface area is 205 Å². The number of nitrogens with zero attached hydrogens (tertiary/aromatic N) is 1. The topological polar surface area (TPSA) is 94.2 Å². The van der Waals surface area contributed by atoms with E-state index in [2.05, 4.69) is 5.32 Å². The molecule has 0 saturated heterocycles. The number of aryl methyl sites for hydroxylation is 2. The van der Waals surface area contributed by atoms with Crippen molar-refractivity contribution < 1.29 is 27.4 Å². The van der Waals surface area contributed by atoms with Crippen molar-refractivity contribution in [3.8, 4) is 17.2 Å². The molecule has 1 aliphatic rings.